The third-order valence-electron chi connectivity index (χ3n) is 5.23. The quantitative estimate of drug-likeness (QED) is 0.678. The molecule has 0 unspecified atom stereocenters. The van der Waals surface area contributed by atoms with Crippen LogP contribution in [-0.2, 0) is 19.6 Å². The van der Waals surface area contributed by atoms with Gasteiger partial charge in [-0.2, -0.15) is 4.31 Å². The van der Waals surface area contributed by atoms with Gasteiger partial charge in [0, 0.05) is 51.4 Å². The number of carbonyl (C=O) groups excluding carboxylic acids is 3. The molecule has 0 bridgehead atoms. The van der Waals surface area contributed by atoms with Crippen molar-refractivity contribution in [2.24, 2.45) is 0 Å². The van der Waals surface area contributed by atoms with Crippen molar-refractivity contribution in [1.82, 2.24) is 14.1 Å². The highest BCUT2D eigenvalue weighted by molar-refractivity contribution is 7.89. The third kappa shape index (κ3) is 5.93. The molecule has 33 heavy (non-hydrogen) atoms. The largest absolute Gasteiger partial charge is 0.338 e. The number of sulfonamides is 1. The summed E-state index contributed by atoms with van der Waals surface area (Å²) in [6.45, 7) is 2.03. The van der Waals surface area contributed by atoms with Crippen LogP contribution in [0.2, 0.25) is 0 Å². The van der Waals surface area contributed by atoms with Gasteiger partial charge in [-0.25, -0.2) is 12.8 Å². The number of hydrogen-bond donors (Lipinski definition) is 1. The summed E-state index contributed by atoms with van der Waals surface area (Å²) in [4.78, 5) is 39.3. The number of carbonyl (C=O) groups is 3. The van der Waals surface area contributed by atoms with E-state index in [1.54, 1.807) is 0 Å². The zero-order chi connectivity index (χ0) is 24.2. The van der Waals surface area contributed by atoms with Gasteiger partial charge >= 0.3 is 0 Å². The van der Waals surface area contributed by atoms with Crippen LogP contribution in [0.3, 0.4) is 0 Å². The normalized spacial score (nSPS) is 14.3. The van der Waals surface area contributed by atoms with E-state index >= 15 is 0 Å². The van der Waals surface area contributed by atoms with Gasteiger partial charge in [0.25, 0.3) is 5.91 Å². The first-order valence-electron chi connectivity index (χ1n) is 10.2. The molecule has 2 aromatic carbocycles. The van der Waals surface area contributed by atoms with Crippen molar-refractivity contribution in [2.75, 3.05) is 45.1 Å². The van der Waals surface area contributed by atoms with Gasteiger partial charge in [-0.3, -0.25) is 14.4 Å². The Labute approximate surface area is 191 Å². The molecule has 0 aromatic heterocycles. The van der Waals surface area contributed by atoms with Crippen molar-refractivity contribution in [2.45, 2.75) is 11.8 Å². The van der Waals surface area contributed by atoms with Gasteiger partial charge < -0.3 is 15.1 Å². The van der Waals surface area contributed by atoms with Crippen LogP contribution < -0.4 is 5.32 Å². The number of halogens is 1. The maximum Gasteiger partial charge on any atom is 0.254 e. The first-order valence-corrected chi connectivity index (χ1v) is 11.7. The Morgan fingerprint density at radius 2 is 1.61 bits per heavy atom. The highest BCUT2D eigenvalue weighted by Gasteiger charge is 2.28. The van der Waals surface area contributed by atoms with Gasteiger partial charge in [0.15, 0.2) is 0 Å². The Kier molecular flexibility index (Phi) is 7.44. The number of nitrogens with one attached hydrogen (secondary N) is 1. The van der Waals surface area contributed by atoms with Crippen LogP contribution in [0.5, 0.6) is 0 Å². The minimum absolute atomic E-state index is 0.00240. The molecule has 0 spiro atoms. The Morgan fingerprint density at radius 1 is 1.00 bits per heavy atom. The lowest BCUT2D eigenvalue weighted by Gasteiger charge is -2.35. The second kappa shape index (κ2) is 10.1. The monoisotopic (exact) mass is 476 g/mol. The molecule has 9 nitrogen and oxygen atoms in total. The number of piperazine rings is 1. The summed E-state index contributed by atoms with van der Waals surface area (Å²) in [5, 5.41) is 2.56. The van der Waals surface area contributed by atoms with Crippen molar-refractivity contribution >= 4 is 33.4 Å². The number of benzene rings is 2. The highest BCUT2D eigenvalue weighted by atomic mass is 32.2. The van der Waals surface area contributed by atoms with E-state index in [4.69, 9.17) is 0 Å². The molecule has 0 saturated carbocycles. The second-order valence-corrected chi connectivity index (χ2v) is 9.69. The zero-order valence-electron chi connectivity index (χ0n) is 18.3. The van der Waals surface area contributed by atoms with E-state index in [0.717, 1.165) is 4.31 Å². The lowest BCUT2D eigenvalue weighted by molar-refractivity contribution is -0.132. The third-order valence-corrected chi connectivity index (χ3v) is 7.05. The van der Waals surface area contributed by atoms with Crippen LogP contribution in [0.1, 0.15) is 17.3 Å². The molecule has 0 radical (unpaired) electrons. The van der Waals surface area contributed by atoms with Crippen LogP contribution in [0.4, 0.5) is 10.1 Å². The number of nitrogens with zero attached hydrogens (tertiary/aromatic N) is 3. The maximum atomic E-state index is 13.4. The molecule has 176 valence electrons. The van der Waals surface area contributed by atoms with E-state index in [1.807, 2.05) is 0 Å². The predicted molar refractivity (Wildman–Crippen MR) is 119 cm³/mol. The molecule has 3 rings (SSSR count). The molecule has 1 fully saturated rings. The minimum atomic E-state index is -3.91. The average molecular weight is 477 g/mol. The maximum absolute atomic E-state index is 13.4. The molecule has 2 aromatic rings. The van der Waals surface area contributed by atoms with Gasteiger partial charge in [-0.1, -0.05) is 6.07 Å². The summed E-state index contributed by atoms with van der Waals surface area (Å²) in [6.07, 6.45) is 0. The Bertz CT molecular complexity index is 1150. The molecular formula is C22H25FN4O5S. The SMILES string of the molecule is CC(=O)Nc1ccc(S(=O)(=O)N(C)CC(=O)N2CCN(C(=O)c3cccc(F)c3)CC2)cc1. The van der Waals surface area contributed by atoms with E-state index in [9.17, 15) is 27.2 Å². The Morgan fingerprint density at radius 3 is 2.18 bits per heavy atom. The Hall–Kier alpha value is -3.31. The molecule has 3 amide bonds. The number of likely N-dealkylation sites (N-methyl/N-ethyl adjacent to an activating group) is 1. The number of anilines is 1. The zero-order valence-corrected chi connectivity index (χ0v) is 19.1. The van der Waals surface area contributed by atoms with Crippen molar-refractivity contribution in [3.8, 4) is 0 Å². The Balaban J connectivity index is 1.56. The molecule has 1 aliphatic rings. The fourth-order valence-electron chi connectivity index (χ4n) is 3.43. The second-order valence-electron chi connectivity index (χ2n) is 7.65. The molecule has 0 aliphatic carbocycles. The van der Waals surface area contributed by atoms with Gasteiger partial charge in [0.2, 0.25) is 21.8 Å². The summed E-state index contributed by atoms with van der Waals surface area (Å²) < 4.78 is 39.9. The molecule has 0 atom stereocenters. The molecule has 1 N–H and O–H groups in total. The van der Waals surface area contributed by atoms with E-state index in [0.29, 0.717) is 5.69 Å². The fourth-order valence-corrected chi connectivity index (χ4v) is 4.55. The molecule has 1 heterocycles. The summed E-state index contributed by atoms with van der Waals surface area (Å²) in [7, 11) is -2.59. The van der Waals surface area contributed by atoms with Crippen LogP contribution in [0.15, 0.2) is 53.4 Å². The van der Waals surface area contributed by atoms with Crippen molar-refractivity contribution in [3.63, 3.8) is 0 Å². The van der Waals surface area contributed by atoms with E-state index in [2.05, 4.69) is 5.32 Å². The average Bonchev–Trinajstić information content (AvgIpc) is 2.78. The summed E-state index contributed by atoms with van der Waals surface area (Å²) in [5.74, 6) is -1.47. The van der Waals surface area contributed by atoms with Gasteiger partial charge in [-0.15, -0.1) is 0 Å². The first-order chi connectivity index (χ1) is 15.6. The van der Waals surface area contributed by atoms with Gasteiger partial charge in [-0.05, 0) is 42.5 Å². The molecule has 1 aliphatic heterocycles. The van der Waals surface area contributed by atoms with E-state index in [-0.39, 0.29) is 60.9 Å². The lowest BCUT2D eigenvalue weighted by atomic mass is 10.1. The van der Waals surface area contributed by atoms with Crippen LogP contribution >= 0.6 is 0 Å². The van der Waals surface area contributed by atoms with Crippen LogP contribution in [0.25, 0.3) is 0 Å². The summed E-state index contributed by atoms with van der Waals surface area (Å²) in [6, 6.07) is 11.1. The van der Waals surface area contributed by atoms with Crippen LogP contribution in [-0.4, -0.2) is 80.0 Å². The summed E-state index contributed by atoms with van der Waals surface area (Å²) >= 11 is 0. The van der Waals surface area contributed by atoms with E-state index < -0.39 is 15.8 Å². The number of rotatable bonds is 6. The molecule has 11 heteroatoms. The van der Waals surface area contributed by atoms with Crippen molar-refractivity contribution in [1.29, 1.82) is 0 Å². The predicted octanol–water partition coefficient (Wildman–Crippen LogP) is 1.39. The lowest BCUT2D eigenvalue weighted by Crippen LogP contribution is -2.52. The van der Waals surface area contributed by atoms with Crippen LogP contribution in [0, 0.1) is 5.82 Å². The van der Waals surface area contributed by atoms with Crippen molar-refractivity contribution < 1.29 is 27.2 Å². The smallest absolute Gasteiger partial charge is 0.254 e. The number of hydrogen-bond acceptors (Lipinski definition) is 5. The van der Waals surface area contributed by atoms with Gasteiger partial charge in [0.1, 0.15) is 5.82 Å². The van der Waals surface area contributed by atoms with E-state index in [1.165, 1.54) is 72.3 Å². The molecule has 1 saturated heterocycles. The molecular weight excluding hydrogens is 451 g/mol. The van der Waals surface area contributed by atoms with Crippen molar-refractivity contribution in [3.05, 3.63) is 59.9 Å². The fraction of sp³-hybridized carbons (Fsp3) is 0.318. The van der Waals surface area contributed by atoms with Gasteiger partial charge in [0.05, 0.1) is 11.4 Å². The summed E-state index contributed by atoms with van der Waals surface area (Å²) in [5.41, 5.74) is 0.705. The topological polar surface area (TPSA) is 107 Å². The highest BCUT2D eigenvalue weighted by Crippen LogP contribution is 2.18. The standard InChI is InChI=1S/C22H25FN4O5S/c1-16(28)24-19-6-8-20(9-7-19)33(31,32)25(2)15-21(29)26-10-12-27(13-11-26)22(30)17-4-3-5-18(23)14-17/h3-9,14H,10-13,15H2,1-2H3,(H,24,28). The minimum Gasteiger partial charge on any atom is -0.338 e. The first kappa shape index (κ1) is 24.3. The number of amides is 3.